The largest absolute Gasteiger partial charge is 0.0993 e. The van der Waals surface area contributed by atoms with E-state index in [-0.39, 0.29) is 0 Å². The first-order chi connectivity index (χ1) is 7.42. The van der Waals surface area contributed by atoms with Crippen LogP contribution in [0.1, 0.15) is 53.4 Å². The maximum absolute atomic E-state index is 4.40. The van der Waals surface area contributed by atoms with Crippen molar-refractivity contribution in [2.45, 2.75) is 53.4 Å². The first kappa shape index (κ1) is 12.0. The van der Waals surface area contributed by atoms with Gasteiger partial charge >= 0.3 is 0 Å². The van der Waals surface area contributed by atoms with Gasteiger partial charge in [0.2, 0.25) is 0 Å². The summed E-state index contributed by atoms with van der Waals surface area (Å²) in [6, 6.07) is 0. The molecule has 0 unspecified atom stereocenters. The molecule has 2 aliphatic carbocycles. The van der Waals surface area contributed by atoms with Gasteiger partial charge in [-0.1, -0.05) is 44.6 Å². The Bertz CT molecular complexity index is 319. The van der Waals surface area contributed by atoms with Gasteiger partial charge < -0.3 is 0 Å². The SMILES string of the molecule is C=C1[C@H](C)CCC(C)(C)[C@@H]2C=C(C)CC[C@@H]12. The van der Waals surface area contributed by atoms with Gasteiger partial charge in [-0.15, -0.1) is 0 Å². The number of rotatable bonds is 0. The van der Waals surface area contributed by atoms with E-state index < -0.39 is 0 Å². The lowest BCUT2D eigenvalue weighted by molar-refractivity contribution is 0.186. The van der Waals surface area contributed by atoms with Crippen LogP contribution in [-0.2, 0) is 0 Å². The first-order valence-corrected chi connectivity index (χ1v) is 6.78. The average Bonchev–Trinajstić information content (AvgIpc) is 2.31. The van der Waals surface area contributed by atoms with E-state index >= 15 is 0 Å². The van der Waals surface area contributed by atoms with Crippen molar-refractivity contribution in [3.8, 4) is 0 Å². The molecule has 3 atom stereocenters. The molecule has 0 N–H and O–H groups in total. The number of hydrogen-bond acceptors (Lipinski definition) is 0. The molecule has 0 aromatic carbocycles. The number of hydrogen-bond donors (Lipinski definition) is 0. The van der Waals surface area contributed by atoms with Crippen molar-refractivity contribution in [2.75, 3.05) is 0 Å². The Hall–Kier alpha value is -0.520. The van der Waals surface area contributed by atoms with Gasteiger partial charge in [-0.3, -0.25) is 0 Å². The topological polar surface area (TPSA) is 0 Å². The fourth-order valence-electron chi connectivity index (χ4n) is 3.56. The fourth-order valence-corrected chi connectivity index (χ4v) is 3.56. The van der Waals surface area contributed by atoms with Crippen molar-refractivity contribution in [3.63, 3.8) is 0 Å². The Morgan fingerprint density at radius 3 is 2.69 bits per heavy atom. The molecule has 2 aliphatic rings. The van der Waals surface area contributed by atoms with Gasteiger partial charge in [0, 0.05) is 0 Å². The van der Waals surface area contributed by atoms with Crippen molar-refractivity contribution >= 4 is 0 Å². The molecule has 0 radical (unpaired) electrons. The fraction of sp³-hybridized carbons (Fsp3) is 0.750. The minimum absolute atomic E-state index is 0.458. The summed E-state index contributed by atoms with van der Waals surface area (Å²) in [4.78, 5) is 0. The van der Waals surface area contributed by atoms with Gasteiger partial charge in [-0.2, -0.15) is 0 Å². The molecule has 0 saturated heterocycles. The smallest absolute Gasteiger partial charge is 0.0114 e. The third kappa shape index (κ3) is 1.99. The van der Waals surface area contributed by atoms with E-state index in [0.29, 0.717) is 5.41 Å². The molecule has 0 bridgehead atoms. The summed E-state index contributed by atoms with van der Waals surface area (Å²) in [6.45, 7) is 14.0. The third-order valence-electron chi connectivity index (χ3n) is 4.98. The Kier molecular flexibility index (Phi) is 3.03. The highest BCUT2D eigenvalue weighted by Gasteiger charge is 2.40. The molecule has 1 fully saturated rings. The van der Waals surface area contributed by atoms with E-state index in [1.165, 1.54) is 31.3 Å². The molecular formula is C16H26. The van der Waals surface area contributed by atoms with Crippen LogP contribution in [0.2, 0.25) is 0 Å². The molecule has 0 nitrogen and oxygen atoms in total. The van der Waals surface area contributed by atoms with Crippen LogP contribution in [-0.4, -0.2) is 0 Å². The van der Waals surface area contributed by atoms with Crippen molar-refractivity contribution in [3.05, 3.63) is 23.8 Å². The number of fused-ring (bicyclic) bond motifs is 1. The molecule has 0 heterocycles. The molecule has 2 rings (SSSR count). The van der Waals surface area contributed by atoms with E-state index in [2.05, 4.69) is 40.3 Å². The molecule has 0 aliphatic heterocycles. The molecule has 0 aromatic rings. The standard InChI is InChI=1S/C16H26/c1-11-6-7-14-13(3)12(2)8-9-16(4,5)15(14)10-11/h10,12,14-15H,3,6-9H2,1-2,4-5H3/t12-,14+,15-/m1/s1. The predicted molar refractivity (Wildman–Crippen MR) is 71.3 cm³/mol. The van der Waals surface area contributed by atoms with Crippen LogP contribution in [0, 0.1) is 23.2 Å². The lowest BCUT2D eigenvalue weighted by atomic mass is 9.65. The van der Waals surface area contributed by atoms with Crippen molar-refractivity contribution in [1.82, 2.24) is 0 Å². The summed E-state index contributed by atoms with van der Waals surface area (Å²) < 4.78 is 0. The Labute approximate surface area is 101 Å². The van der Waals surface area contributed by atoms with Gasteiger partial charge in [0.1, 0.15) is 0 Å². The van der Waals surface area contributed by atoms with Gasteiger partial charge in [-0.25, -0.2) is 0 Å². The summed E-state index contributed by atoms with van der Waals surface area (Å²) >= 11 is 0. The highest BCUT2D eigenvalue weighted by atomic mass is 14.4. The van der Waals surface area contributed by atoms with E-state index in [1.54, 1.807) is 5.57 Å². The second-order valence-corrected chi connectivity index (χ2v) is 6.69. The zero-order chi connectivity index (χ0) is 11.9. The van der Waals surface area contributed by atoms with E-state index in [4.69, 9.17) is 0 Å². The van der Waals surface area contributed by atoms with Gasteiger partial charge in [0.25, 0.3) is 0 Å². The van der Waals surface area contributed by atoms with Crippen LogP contribution in [0.5, 0.6) is 0 Å². The summed E-state index contributed by atoms with van der Waals surface area (Å²) in [5, 5.41) is 0. The zero-order valence-electron chi connectivity index (χ0n) is 11.3. The van der Waals surface area contributed by atoms with Gasteiger partial charge in [0.15, 0.2) is 0 Å². The van der Waals surface area contributed by atoms with Crippen molar-refractivity contribution in [1.29, 1.82) is 0 Å². The average molecular weight is 218 g/mol. The zero-order valence-corrected chi connectivity index (χ0v) is 11.3. The second-order valence-electron chi connectivity index (χ2n) is 6.69. The minimum Gasteiger partial charge on any atom is -0.0993 e. The molecule has 0 spiro atoms. The molecule has 90 valence electrons. The van der Waals surface area contributed by atoms with Crippen LogP contribution in [0.4, 0.5) is 0 Å². The normalized spacial score (nSPS) is 38.6. The van der Waals surface area contributed by atoms with E-state index in [1.807, 2.05) is 0 Å². The monoisotopic (exact) mass is 218 g/mol. The van der Waals surface area contributed by atoms with Crippen molar-refractivity contribution in [2.24, 2.45) is 23.2 Å². The van der Waals surface area contributed by atoms with Crippen molar-refractivity contribution < 1.29 is 0 Å². The predicted octanol–water partition coefficient (Wildman–Crippen LogP) is 4.97. The third-order valence-corrected chi connectivity index (χ3v) is 4.98. The molecule has 0 heteroatoms. The summed E-state index contributed by atoms with van der Waals surface area (Å²) in [6.07, 6.45) is 7.84. The number of allylic oxidation sites excluding steroid dienone is 3. The molecule has 0 amide bonds. The maximum Gasteiger partial charge on any atom is -0.0114 e. The lowest BCUT2D eigenvalue weighted by Crippen LogP contribution is -2.30. The minimum atomic E-state index is 0.458. The summed E-state index contributed by atoms with van der Waals surface area (Å²) in [7, 11) is 0. The molecule has 0 aromatic heterocycles. The van der Waals surface area contributed by atoms with Crippen LogP contribution in [0.15, 0.2) is 23.8 Å². The van der Waals surface area contributed by atoms with Crippen LogP contribution in [0.25, 0.3) is 0 Å². The maximum atomic E-state index is 4.40. The van der Waals surface area contributed by atoms with E-state index in [9.17, 15) is 0 Å². The first-order valence-electron chi connectivity index (χ1n) is 6.78. The summed E-state index contributed by atoms with van der Waals surface area (Å²) in [5.41, 5.74) is 3.58. The highest BCUT2D eigenvalue weighted by Crippen LogP contribution is 2.50. The Morgan fingerprint density at radius 2 is 2.00 bits per heavy atom. The van der Waals surface area contributed by atoms with Crippen LogP contribution < -0.4 is 0 Å². The highest BCUT2D eigenvalue weighted by molar-refractivity contribution is 5.20. The van der Waals surface area contributed by atoms with Crippen LogP contribution >= 0.6 is 0 Å². The lowest BCUT2D eigenvalue weighted by Gasteiger charge is -2.39. The Balaban J connectivity index is 2.37. The molecule has 1 saturated carbocycles. The molecular weight excluding hydrogens is 192 g/mol. The Morgan fingerprint density at radius 1 is 1.31 bits per heavy atom. The van der Waals surface area contributed by atoms with Crippen LogP contribution in [0.3, 0.4) is 0 Å². The second kappa shape index (κ2) is 4.05. The molecule has 16 heavy (non-hydrogen) atoms. The van der Waals surface area contributed by atoms with Gasteiger partial charge in [0.05, 0.1) is 0 Å². The summed E-state index contributed by atoms with van der Waals surface area (Å²) in [5.74, 6) is 2.20. The van der Waals surface area contributed by atoms with Gasteiger partial charge in [-0.05, 0) is 55.8 Å². The van der Waals surface area contributed by atoms with E-state index in [0.717, 1.165) is 17.8 Å². The quantitative estimate of drug-likeness (QED) is 0.503.